The first-order chi connectivity index (χ1) is 10.2. The average molecular weight is 444 g/mol. The monoisotopic (exact) mass is 444 g/mol. The van der Waals surface area contributed by atoms with Gasteiger partial charge in [0.05, 0.1) is 11.3 Å². The van der Waals surface area contributed by atoms with Crippen LogP contribution in [0.4, 0.5) is 18.9 Å². The lowest BCUT2D eigenvalue weighted by molar-refractivity contribution is -0.137. The number of hydrogen-bond donors (Lipinski definition) is 2. The number of anilines is 1. The smallest absolute Gasteiger partial charge is 0.332 e. The number of amides is 1. The van der Waals surface area contributed by atoms with Crippen LogP contribution in [0, 0.1) is 3.57 Å². The van der Waals surface area contributed by atoms with E-state index in [1.165, 1.54) is 12.1 Å². The molecule has 2 N–H and O–H groups in total. The van der Waals surface area contributed by atoms with Crippen LogP contribution >= 0.6 is 34.8 Å². The Morgan fingerprint density at radius 2 is 2.00 bits per heavy atom. The molecule has 0 aliphatic rings. The summed E-state index contributed by atoms with van der Waals surface area (Å²) in [5, 5.41) is 4.70. The Bertz CT molecular complexity index is 549. The molecule has 0 aromatic heterocycles. The zero-order chi connectivity index (χ0) is 16.8. The quantitative estimate of drug-likeness (QED) is 0.393. The second kappa shape index (κ2) is 8.66. The lowest BCUT2D eigenvalue weighted by Crippen LogP contribution is -2.34. The van der Waals surface area contributed by atoms with Crippen LogP contribution in [0.1, 0.15) is 38.2 Å². The first-order valence-electron chi connectivity index (χ1n) is 6.71. The van der Waals surface area contributed by atoms with Gasteiger partial charge in [0, 0.05) is 9.99 Å². The normalized spacial score (nSPS) is 11.1. The van der Waals surface area contributed by atoms with E-state index in [9.17, 15) is 18.0 Å². The summed E-state index contributed by atoms with van der Waals surface area (Å²) < 4.78 is 39.4. The van der Waals surface area contributed by atoms with E-state index >= 15 is 0 Å². The van der Waals surface area contributed by atoms with Gasteiger partial charge in [0.2, 0.25) is 5.91 Å². The van der Waals surface area contributed by atoms with Gasteiger partial charge in [-0.05, 0) is 59.4 Å². The van der Waals surface area contributed by atoms with Crippen LogP contribution in [0.25, 0.3) is 0 Å². The van der Waals surface area contributed by atoms with Crippen LogP contribution in [0.2, 0.25) is 0 Å². The molecule has 1 rings (SSSR count). The topological polar surface area (TPSA) is 41.1 Å². The van der Waals surface area contributed by atoms with E-state index in [0.717, 1.165) is 25.3 Å². The second-order valence-corrected chi connectivity index (χ2v) is 6.30. The molecule has 22 heavy (non-hydrogen) atoms. The Hall–Kier alpha value is -0.900. The van der Waals surface area contributed by atoms with E-state index in [-0.39, 0.29) is 16.7 Å². The summed E-state index contributed by atoms with van der Waals surface area (Å²) in [4.78, 5) is 11.6. The van der Waals surface area contributed by atoms with Crippen LogP contribution < -0.4 is 10.6 Å². The van der Waals surface area contributed by atoms with Crippen molar-refractivity contribution in [3.05, 3.63) is 27.3 Å². The highest BCUT2D eigenvalue weighted by molar-refractivity contribution is 14.1. The van der Waals surface area contributed by atoms with Crippen molar-refractivity contribution in [2.24, 2.45) is 0 Å². The molecule has 0 fully saturated rings. The van der Waals surface area contributed by atoms with Gasteiger partial charge in [0.15, 0.2) is 5.11 Å². The number of hydrogen-bond acceptors (Lipinski definition) is 2. The largest absolute Gasteiger partial charge is 0.418 e. The molecular formula is C14H16F3IN2OS. The standard InChI is InChI=1S/C14H16F3IN2OS/c1-2-3-4-5-12(21)20-13(22)19-11-7-6-9(18)8-10(11)14(15,16)17/h6-8H,2-5H2,1H3,(H2,19,20,21,22). The maximum Gasteiger partial charge on any atom is 0.418 e. The van der Waals surface area contributed by atoms with Crippen molar-refractivity contribution in [3.8, 4) is 0 Å². The Labute approximate surface area is 146 Å². The fourth-order valence-corrected chi connectivity index (χ4v) is 2.45. The van der Waals surface area contributed by atoms with Gasteiger partial charge in [-0.15, -0.1) is 0 Å². The van der Waals surface area contributed by atoms with Crippen LogP contribution in [-0.4, -0.2) is 11.0 Å². The molecule has 0 aliphatic heterocycles. The summed E-state index contributed by atoms with van der Waals surface area (Å²) >= 11 is 6.70. The number of carbonyl (C=O) groups excluding carboxylic acids is 1. The lowest BCUT2D eigenvalue weighted by atomic mass is 10.1. The van der Waals surface area contributed by atoms with Gasteiger partial charge in [0.1, 0.15) is 0 Å². The highest BCUT2D eigenvalue weighted by Gasteiger charge is 2.34. The predicted molar refractivity (Wildman–Crippen MR) is 92.7 cm³/mol. The number of rotatable bonds is 5. The van der Waals surface area contributed by atoms with Gasteiger partial charge in [-0.25, -0.2) is 0 Å². The maximum atomic E-state index is 13.0. The third kappa shape index (κ3) is 6.47. The van der Waals surface area contributed by atoms with Crippen LogP contribution in [0.3, 0.4) is 0 Å². The van der Waals surface area contributed by atoms with E-state index in [4.69, 9.17) is 12.2 Å². The third-order valence-electron chi connectivity index (χ3n) is 2.80. The summed E-state index contributed by atoms with van der Waals surface area (Å²) in [6.07, 6.45) is -1.57. The number of unbranched alkanes of at least 4 members (excludes halogenated alkanes) is 2. The highest BCUT2D eigenvalue weighted by Crippen LogP contribution is 2.35. The molecule has 0 spiro atoms. The third-order valence-corrected chi connectivity index (χ3v) is 3.67. The Morgan fingerprint density at radius 1 is 1.32 bits per heavy atom. The van der Waals surface area contributed by atoms with E-state index < -0.39 is 11.7 Å². The van der Waals surface area contributed by atoms with Gasteiger partial charge in [-0.2, -0.15) is 13.2 Å². The molecule has 0 unspecified atom stereocenters. The van der Waals surface area contributed by atoms with Gasteiger partial charge in [-0.3, -0.25) is 4.79 Å². The number of halogens is 4. The molecule has 1 amide bonds. The highest BCUT2D eigenvalue weighted by atomic mass is 127. The molecule has 0 saturated carbocycles. The number of thiocarbonyl (C=S) groups is 1. The van der Waals surface area contributed by atoms with Gasteiger partial charge in [-0.1, -0.05) is 19.8 Å². The lowest BCUT2D eigenvalue weighted by Gasteiger charge is -2.15. The Kier molecular flexibility index (Phi) is 7.54. The molecular weight excluding hydrogens is 428 g/mol. The molecule has 3 nitrogen and oxygen atoms in total. The Morgan fingerprint density at radius 3 is 2.59 bits per heavy atom. The summed E-state index contributed by atoms with van der Waals surface area (Å²) in [6, 6.07) is 3.85. The fourth-order valence-electron chi connectivity index (χ4n) is 1.74. The first kappa shape index (κ1) is 19.1. The summed E-state index contributed by atoms with van der Waals surface area (Å²) in [5.41, 5.74) is -0.992. The SMILES string of the molecule is CCCCCC(=O)NC(=S)Nc1ccc(I)cc1C(F)(F)F. The fraction of sp³-hybridized carbons (Fsp3) is 0.429. The van der Waals surface area contributed by atoms with Crippen LogP contribution in [-0.2, 0) is 11.0 Å². The van der Waals surface area contributed by atoms with Crippen molar-refractivity contribution in [3.63, 3.8) is 0 Å². The zero-order valence-electron chi connectivity index (χ0n) is 11.9. The number of benzene rings is 1. The molecule has 0 atom stereocenters. The van der Waals surface area contributed by atoms with Crippen molar-refractivity contribution in [1.82, 2.24) is 5.32 Å². The van der Waals surface area contributed by atoms with Gasteiger partial charge < -0.3 is 10.6 Å². The van der Waals surface area contributed by atoms with Crippen molar-refractivity contribution < 1.29 is 18.0 Å². The molecule has 0 saturated heterocycles. The zero-order valence-corrected chi connectivity index (χ0v) is 14.9. The Balaban J connectivity index is 2.70. The van der Waals surface area contributed by atoms with Gasteiger partial charge >= 0.3 is 6.18 Å². The van der Waals surface area contributed by atoms with Crippen molar-refractivity contribution in [2.75, 3.05) is 5.32 Å². The number of nitrogens with one attached hydrogen (secondary N) is 2. The molecule has 8 heteroatoms. The van der Waals surface area contributed by atoms with E-state index in [1.807, 2.05) is 6.92 Å². The van der Waals surface area contributed by atoms with E-state index in [2.05, 4.69) is 10.6 Å². The van der Waals surface area contributed by atoms with Gasteiger partial charge in [0.25, 0.3) is 0 Å². The van der Waals surface area contributed by atoms with E-state index in [0.29, 0.717) is 9.99 Å². The molecule has 0 heterocycles. The average Bonchev–Trinajstić information content (AvgIpc) is 2.39. The van der Waals surface area contributed by atoms with E-state index in [1.54, 1.807) is 22.6 Å². The summed E-state index contributed by atoms with van der Waals surface area (Å²) in [6.45, 7) is 2.01. The molecule has 1 aromatic rings. The summed E-state index contributed by atoms with van der Waals surface area (Å²) in [7, 11) is 0. The molecule has 0 radical (unpaired) electrons. The van der Waals surface area contributed by atoms with Crippen molar-refractivity contribution in [1.29, 1.82) is 0 Å². The summed E-state index contributed by atoms with van der Waals surface area (Å²) in [5.74, 6) is -0.301. The minimum Gasteiger partial charge on any atom is -0.332 e. The minimum atomic E-state index is -4.50. The molecule has 0 aliphatic carbocycles. The molecule has 122 valence electrons. The maximum absolute atomic E-state index is 13.0. The second-order valence-electron chi connectivity index (χ2n) is 4.65. The van der Waals surface area contributed by atoms with Crippen molar-refractivity contribution >= 4 is 51.5 Å². The minimum absolute atomic E-state index is 0.131. The number of alkyl halides is 3. The first-order valence-corrected chi connectivity index (χ1v) is 8.20. The molecule has 1 aromatic carbocycles. The van der Waals surface area contributed by atoms with Crippen LogP contribution in [0.15, 0.2) is 18.2 Å². The van der Waals surface area contributed by atoms with Crippen LogP contribution in [0.5, 0.6) is 0 Å². The number of carbonyl (C=O) groups is 1. The molecule has 0 bridgehead atoms. The van der Waals surface area contributed by atoms with Crippen molar-refractivity contribution in [2.45, 2.75) is 38.8 Å². The predicted octanol–water partition coefficient (Wildman–Crippen LogP) is 4.70.